The number of para-hydroxylation sites is 1. The van der Waals surface area contributed by atoms with E-state index in [2.05, 4.69) is 28.5 Å². The fourth-order valence-corrected chi connectivity index (χ4v) is 5.30. The molecule has 220 valence electrons. The monoisotopic (exact) mass is 585 g/mol. The second-order valence-corrected chi connectivity index (χ2v) is 10.5. The maximum Gasteiger partial charge on any atom is 0.311 e. The Hall–Kier alpha value is -5.47. The number of carbonyl (C=O) groups is 1. The Balaban J connectivity index is 1.10. The second kappa shape index (κ2) is 13.2. The Labute approximate surface area is 254 Å². The molecule has 5 aromatic carbocycles. The van der Waals surface area contributed by atoms with Crippen LogP contribution in [-0.2, 0) is 6.61 Å². The van der Waals surface area contributed by atoms with Gasteiger partial charge in [0.1, 0.15) is 12.4 Å². The number of rotatable bonds is 13. The van der Waals surface area contributed by atoms with Crippen molar-refractivity contribution in [2.45, 2.75) is 19.1 Å². The molecule has 6 aromatic rings. The van der Waals surface area contributed by atoms with E-state index >= 15 is 0 Å². The number of ketones is 1. The Kier molecular flexibility index (Phi) is 8.61. The zero-order valence-corrected chi connectivity index (χ0v) is 23.9. The first kappa shape index (κ1) is 28.6. The number of aromatic amines is 1. The van der Waals surface area contributed by atoms with Crippen molar-refractivity contribution in [3.63, 3.8) is 0 Å². The van der Waals surface area contributed by atoms with Crippen molar-refractivity contribution in [2.75, 3.05) is 13.2 Å². The summed E-state index contributed by atoms with van der Waals surface area (Å²) in [4.78, 5) is 27.9. The lowest BCUT2D eigenvalue weighted by Gasteiger charge is -2.19. The molecular formula is C36H31N3O5. The largest absolute Gasteiger partial charge is 0.493 e. The number of benzene rings is 5. The zero-order chi connectivity index (χ0) is 30.3. The lowest BCUT2D eigenvalue weighted by molar-refractivity contribution is -0.386. The SMILES string of the molecule is O=C(CNC(CCOc1ccc2c(c1)[nH]c1ccccc12)c1ccccc1)c1ccc(OCc2ccccc2)c([N+](=O)[O-])c1. The molecule has 1 unspecified atom stereocenters. The lowest BCUT2D eigenvalue weighted by atomic mass is 10.0. The first-order chi connectivity index (χ1) is 21.5. The number of hydrogen-bond acceptors (Lipinski definition) is 6. The molecule has 8 nitrogen and oxygen atoms in total. The molecule has 2 N–H and O–H groups in total. The minimum atomic E-state index is -0.526. The smallest absolute Gasteiger partial charge is 0.311 e. The molecule has 0 fully saturated rings. The zero-order valence-electron chi connectivity index (χ0n) is 23.9. The molecule has 44 heavy (non-hydrogen) atoms. The van der Waals surface area contributed by atoms with E-state index in [4.69, 9.17) is 9.47 Å². The van der Waals surface area contributed by atoms with Gasteiger partial charge in [0, 0.05) is 46.4 Å². The molecule has 0 aliphatic heterocycles. The van der Waals surface area contributed by atoms with Gasteiger partial charge in [0.15, 0.2) is 11.5 Å². The molecule has 6 rings (SSSR count). The summed E-state index contributed by atoms with van der Waals surface area (Å²) in [7, 11) is 0. The summed E-state index contributed by atoms with van der Waals surface area (Å²) < 4.78 is 11.8. The molecule has 0 spiro atoms. The molecule has 0 aliphatic carbocycles. The molecule has 0 aliphatic rings. The molecular weight excluding hydrogens is 554 g/mol. The highest BCUT2D eigenvalue weighted by atomic mass is 16.6. The molecule has 1 atom stereocenters. The summed E-state index contributed by atoms with van der Waals surface area (Å²) in [6.07, 6.45) is 0.606. The van der Waals surface area contributed by atoms with E-state index in [-0.39, 0.29) is 42.0 Å². The standard InChI is InChI=1S/C36H31N3O5/c40-35(27-15-18-36(34(21-27)39(41)42)44-24-25-9-3-1-4-10-25)23-37-31(26-11-5-2-6-12-26)19-20-43-28-16-17-30-29-13-7-8-14-32(29)38-33(30)22-28/h1-18,21-22,31,37-38H,19-20,23-24H2. The number of nitro groups is 1. The van der Waals surface area contributed by atoms with Gasteiger partial charge in [-0.15, -0.1) is 0 Å². The minimum absolute atomic E-state index is 0.00194. The second-order valence-electron chi connectivity index (χ2n) is 10.5. The Morgan fingerprint density at radius 2 is 1.52 bits per heavy atom. The molecule has 0 saturated carbocycles. The van der Waals surface area contributed by atoms with Crippen molar-refractivity contribution in [1.82, 2.24) is 10.3 Å². The maximum atomic E-state index is 13.2. The molecule has 8 heteroatoms. The van der Waals surface area contributed by atoms with Crippen LogP contribution in [0.25, 0.3) is 21.8 Å². The first-order valence-electron chi connectivity index (χ1n) is 14.4. The third-order valence-electron chi connectivity index (χ3n) is 7.58. The van der Waals surface area contributed by atoms with E-state index in [0.717, 1.165) is 33.3 Å². The van der Waals surface area contributed by atoms with Gasteiger partial charge in [0.2, 0.25) is 0 Å². The fourth-order valence-electron chi connectivity index (χ4n) is 5.30. The third kappa shape index (κ3) is 6.61. The van der Waals surface area contributed by atoms with Crippen molar-refractivity contribution in [3.8, 4) is 11.5 Å². The van der Waals surface area contributed by atoms with E-state index in [1.54, 1.807) is 6.07 Å². The number of carbonyl (C=O) groups excluding carboxylic acids is 1. The Morgan fingerprint density at radius 1 is 0.795 bits per heavy atom. The van der Waals surface area contributed by atoms with E-state index in [1.807, 2.05) is 84.9 Å². The Morgan fingerprint density at radius 3 is 2.32 bits per heavy atom. The van der Waals surface area contributed by atoms with E-state index in [0.29, 0.717) is 13.0 Å². The number of nitro benzene ring substituents is 1. The molecule has 0 saturated heterocycles. The van der Waals surface area contributed by atoms with Crippen LogP contribution in [0.15, 0.2) is 121 Å². The highest BCUT2D eigenvalue weighted by Crippen LogP contribution is 2.30. The summed E-state index contributed by atoms with van der Waals surface area (Å²) >= 11 is 0. The number of Topliss-reactive ketones (excluding diaryl/α,β-unsaturated/α-hetero) is 1. The van der Waals surface area contributed by atoms with Gasteiger partial charge < -0.3 is 19.8 Å². The van der Waals surface area contributed by atoms with Crippen LogP contribution in [0.3, 0.4) is 0 Å². The van der Waals surface area contributed by atoms with Crippen LogP contribution in [-0.4, -0.2) is 28.8 Å². The molecule has 0 radical (unpaired) electrons. The third-order valence-corrected chi connectivity index (χ3v) is 7.58. The maximum absolute atomic E-state index is 13.2. The average molecular weight is 586 g/mol. The van der Waals surface area contributed by atoms with E-state index in [1.165, 1.54) is 17.5 Å². The Bertz CT molecular complexity index is 1900. The van der Waals surface area contributed by atoms with E-state index in [9.17, 15) is 14.9 Å². The van der Waals surface area contributed by atoms with Gasteiger partial charge in [0.05, 0.1) is 23.6 Å². The van der Waals surface area contributed by atoms with Gasteiger partial charge in [-0.05, 0) is 41.5 Å². The fraction of sp³-hybridized carbons (Fsp3) is 0.139. The number of aromatic nitrogens is 1. The quantitative estimate of drug-likeness (QED) is 0.0814. The van der Waals surface area contributed by atoms with E-state index < -0.39 is 4.92 Å². The van der Waals surface area contributed by atoms with Crippen molar-refractivity contribution < 1.29 is 19.2 Å². The molecule has 1 aromatic heterocycles. The van der Waals surface area contributed by atoms with Crippen molar-refractivity contribution in [1.29, 1.82) is 0 Å². The van der Waals surface area contributed by atoms with Crippen LogP contribution in [0.1, 0.15) is 33.9 Å². The minimum Gasteiger partial charge on any atom is -0.493 e. The van der Waals surface area contributed by atoms with Crippen molar-refractivity contribution in [2.24, 2.45) is 0 Å². The van der Waals surface area contributed by atoms with Crippen molar-refractivity contribution >= 4 is 33.3 Å². The van der Waals surface area contributed by atoms with Crippen LogP contribution in [0.4, 0.5) is 5.69 Å². The van der Waals surface area contributed by atoms with Crippen LogP contribution < -0.4 is 14.8 Å². The van der Waals surface area contributed by atoms with Gasteiger partial charge in [-0.1, -0.05) is 78.9 Å². The first-order valence-corrected chi connectivity index (χ1v) is 14.4. The summed E-state index contributed by atoms with van der Waals surface area (Å²) in [5.74, 6) is 0.621. The van der Waals surface area contributed by atoms with Crippen molar-refractivity contribution in [3.05, 3.63) is 148 Å². The van der Waals surface area contributed by atoms with Gasteiger partial charge >= 0.3 is 5.69 Å². The summed E-state index contributed by atoms with van der Waals surface area (Å²) in [6.45, 7) is 0.611. The van der Waals surface area contributed by atoms with Gasteiger partial charge in [-0.3, -0.25) is 14.9 Å². The number of hydrogen-bond donors (Lipinski definition) is 2. The highest BCUT2D eigenvalue weighted by Gasteiger charge is 2.20. The predicted molar refractivity (Wildman–Crippen MR) is 171 cm³/mol. The molecule has 0 amide bonds. The van der Waals surface area contributed by atoms with Gasteiger partial charge in [-0.2, -0.15) is 0 Å². The number of H-pyrrole nitrogens is 1. The lowest BCUT2D eigenvalue weighted by Crippen LogP contribution is -2.29. The summed E-state index contributed by atoms with van der Waals surface area (Å²) in [5, 5.41) is 17.5. The van der Waals surface area contributed by atoms with Gasteiger partial charge in [-0.25, -0.2) is 0 Å². The van der Waals surface area contributed by atoms with Crippen LogP contribution in [0, 0.1) is 10.1 Å². The van der Waals surface area contributed by atoms with Crippen LogP contribution in [0.5, 0.6) is 11.5 Å². The van der Waals surface area contributed by atoms with Crippen LogP contribution in [0.2, 0.25) is 0 Å². The van der Waals surface area contributed by atoms with Gasteiger partial charge in [0.25, 0.3) is 0 Å². The molecule has 1 heterocycles. The number of fused-ring (bicyclic) bond motifs is 3. The highest BCUT2D eigenvalue weighted by molar-refractivity contribution is 6.07. The summed E-state index contributed by atoms with van der Waals surface area (Å²) in [5.41, 5.74) is 4.00. The molecule has 0 bridgehead atoms. The predicted octanol–water partition coefficient (Wildman–Crippen LogP) is 7.79. The normalized spacial score (nSPS) is 11.8. The topological polar surface area (TPSA) is 106 Å². The number of ether oxygens (including phenoxy) is 2. The van der Waals surface area contributed by atoms with Crippen LogP contribution >= 0.6 is 0 Å². The number of nitrogens with zero attached hydrogens (tertiary/aromatic N) is 1. The number of nitrogens with one attached hydrogen (secondary N) is 2. The summed E-state index contributed by atoms with van der Waals surface area (Å²) in [6, 6.07) is 37.6. The average Bonchev–Trinajstić information content (AvgIpc) is 3.44.